The number of para-hydroxylation sites is 2. The number of anilines is 2. The molecule has 3 aromatic rings. The summed E-state index contributed by atoms with van der Waals surface area (Å²) in [7, 11) is 2.12. The minimum Gasteiger partial charge on any atom is -0.506 e. The third-order valence-corrected chi connectivity index (χ3v) is 6.92. The lowest BCUT2D eigenvalue weighted by Crippen LogP contribution is -2.38. The van der Waals surface area contributed by atoms with E-state index in [1.54, 1.807) is 18.2 Å². The number of hydrogen-bond donors (Lipinski definition) is 3. The van der Waals surface area contributed by atoms with E-state index in [4.69, 9.17) is 15.5 Å². The van der Waals surface area contributed by atoms with Crippen molar-refractivity contribution in [3.63, 3.8) is 0 Å². The second-order valence-electron chi connectivity index (χ2n) is 10.3. The fourth-order valence-electron chi connectivity index (χ4n) is 4.64. The van der Waals surface area contributed by atoms with Crippen LogP contribution in [0.2, 0.25) is 0 Å². The number of amidine groups is 1. The van der Waals surface area contributed by atoms with Crippen molar-refractivity contribution in [2.75, 3.05) is 36.9 Å². The second kappa shape index (κ2) is 13.2. The Morgan fingerprint density at radius 3 is 2.49 bits per heavy atom. The molecule has 1 fully saturated rings. The Morgan fingerprint density at radius 1 is 1.10 bits per heavy atom. The van der Waals surface area contributed by atoms with Gasteiger partial charge in [0.1, 0.15) is 23.9 Å². The first kappa shape index (κ1) is 28.0. The molecule has 0 spiro atoms. The zero-order valence-corrected chi connectivity index (χ0v) is 23.0. The van der Waals surface area contributed by atoms with Crippen LogP contribution < -0.4 is 20.7 Å². The molecule has 0 unspecified atom stereocenters. The van der Waals surface area contributed by atoms with Crippen LogP contribution in [0.4, 0.5) is 11.4 Å². The number of nitrogens with zero attached hydrogens (tertiary/aromatic N) is 3. The van der Waals surface area contributed by atoms with E-state index < -0.39 is 0 Å². The number of nitrogens with two attached hydrogens (primary N) is 1. The minimum absolute atomic E-state index is 0.0125. The van der Waals surface area contributed by atoms with Crippen LogP contribution in [0.15, 0.2) is 77.8 Å². The largest absolute Gasteiger partial charge is 0.506 e. The van der Waals surface area contributed by atoms with Crippen molar-refractivity contribution in [1.82, 2.24) is 4.90 Å². The van der Waals surface area contributed by atoms with Crippen LogP contribution in [0.25, 0.3) is 0 Å². The molecule has 1 aliphatic heterocycles. The molecule has 206 valence electrons. The first-order chi connectivity index (χ1) is 18.8. The molecule has 3 aromatic carbocycles. The van der Waals surface area contributed by atoms with Crippen LogP contribution >= 0.6 is 0 Å². The molecule has 1 heterocycles. The summed E-state index contributed by atoms with van der Waals surface area (Å²) < 4.78 is 6.12. The number of aliphatic imine (C=N–C) groups is 1. The average Bonchev–Trinajstić information content (AvgIpc) is 2.93. The van der Waals surface area contributed by atoms with Crippen LogP contribution in [-0.4, -0.2) is 60.5 Å². The molecule has 39 heavy (non-hydrogen) atoms. The predicted octanol–water partition coefficient (Wildman–Crippen LogP) is 4.62. The van der Waals surface area contributed by atoms with Crippen LogP contribution in [0.5, 0.6) is 11.5 Å². The number of hydrogen-bond acceptors (Lipinski definition) is 6. The molecule has 4 rings (SSSR count). The number of carbonyl (C=O) groups is 1. The Balaban J connectivity index is 1.56. The molecule has 4 N–H and O–H groups in total. The summed E-state index contributed by atoms with van der Waals surface area (Å²) in [5.74, 6) is 0.889. The zero-order chi connectivity index (χ0) is 27.8. The van der Waals surface area contributed by atoms with E-state index in [-0.39, 0.29) is 30.3 Å². The van der Waals surface area contributed by atoms with E-state index in [9.17, 15) is 9.90 Å². The Labute approximate surface area is 231 Å². The van der Waals surface area contributed by atoms with E-state index in [1.165, 1.54) is 0 Å². The maximum atomic E-state index is 13.3. The maximum absolute atomic E-state index is 13.3. The molecular weight excluding hydrogens is 490 g/mol. The fourth-order valence-corrected chi connectivity index (χ4v) is 4.64. The molecule has 0 saturated carbocycles. The standard InChI is InChI=1S/C31H39N5O3/c1-22(2)36(27-11-7-8-12-28(27)37)20-30(38)34-26-19-24(31(32)33-25-15-17-35(3)18-16-25)13-14-29(26)39-21-23-9-5-4-6-10-23/h4-14,19,22,25,37H,15-18,20-21H2,1-3H3,(H2,32,33)(H,34,38). The van der Waals surface area contributed by atoms with Gasteiger partial charge in [0.15, 0.2) is 0 Å². The van der Waals surface area contributed by atoms with Crippen molar-refractivity contribution in [3.8, 4) is 11.5 Å². The highest BCUT2D eigenvalue weighted by Crippen LogP contribution is 2.30. The summed E-state index contributed by atoms with van der Waals surface area (Å²) >= 11 is 0. The summed E-state index contributed by atoms with van der Waals surface area (Å²) in [4.78, 5) is 22.2. The minimum atomic E-state index is -0.237. The monoisotopic (exact) mass is 529 g/mol. The number of piperidine rings is 1. The van der Waals surface area contributed by atoms with E-state index in [1.807, 2.05) is 73.3 Å². The van der Waals surface area contributed by atoms with Gasteiger partial charge in [0.25, 0.3) is 0 Å². The number of ether oxygens (including phenoxy) is 1. The smallest absolute Gasteiger partial charge is 0.244 e. The van der Waals surface area contributed by atoms with Crippen molar-refractivity contribution < 1.29 is 14.6 Å². The highest BCUT2D eigenvalue weighted by Gasteiger charge is 2.20. The number of nitrogens with one attached hydrogen (secondary N) is 1. The van der Waals surface area contributed by atoms with Gasteiger partial charge in [-0.05, 0) is 82.7 Å². The van der Waals surface area contributed by atoms with Gasteiger partial charge in [-0.1, -0.05) is 42.5 Å². The fraction of sp³-hybridized carbons (Fsp3) is 0.355. The van der Waals surface area contributed by atoms with Crippen LogP contribution in [0.3, 0.4) is 0 Å². The number of likely N-dealkylation sites (tertiary alicyclic amines) is 1. The lowest BCUT2D eigenvalue weighted by molar-refractivity contribution is -0.115. The number of carbonyl (C=O) groups excluding carboxylic acids is 1. The molecule has 8 heteroatoms. The van der Waals surface area contributed by atoms with Gasteiger partial charge in [-0.15, -0.1) is 0 Å². The summed E-state index contributed by atoms with van der Waals surface area (Å²) in [6, 6.07) is 22.6. The second-order valence-corrected chi connectivity index (χ2v) is 10.3. The van der Waals surface area contributed by atoms with Crippen LogP contribution in [0, 0.1) is 0 Å². The Bertz CT molecular complexity index is 1270. The SMILES string of the molecule is CC(C)N(CC(=O)Nc1cc(C(N)=NC2CCN(C)CC2)ccc1OCc1ccccc1)c1ccccc1O. The molecule has 0 aromatic heterocycles. The van der Waals surface area contributed by atoms with Gasteiger partial charge in [-0.3, -0.25) is 9.79 Å². The maximum Gasteiger partial charge on any atom is 0.244 e. The van der Waals surface area contributed by atoms with Gasteiger partial charge in [0.05, 0.1) is 24.0 Å². The number of benzene rings is 3. The van der Waals surface area contributed by atoms with E-state index in [0.717, 1.165) is 37.1 Å². The van der Waals surface area contributed by atoms with Gasteiger partial charge < -0.3 is 30.7 Å². The van der Waals surface area contributed by atoms with Gasteiger partial charge in [0, 0.05) is 11.6 Å². The lowest BCUT2D eigenvalue weighted by atomic mass is 10.1. The third kappa shape index (κ3) is 7.74. The Morgan fingerprint density at radius 2 is 1.79 bits per heavy atom. The van der Waals surface area contributed by atoms with Crippen LogP contribution in [0.1, 0.15) is 37.8 Å². The van der Waals surface area contributed by atoms with Crippen molar-refractivity contribution in [1.29, 1.82) is 0 Å². The van der Waals surface area contributed by atoms with E-state index in [2.05, 4.69) is 17.3 Å². The van der Waals surface area contributed by atoms with E-state index in [0.29, 0.717) is 29.6 Å². The summed E-state index contributed by atoms with van der Waals surface area (Å²) in [6.45, 7) is 6.37. The van der Waals surface area contributed by atoms with Crippen LogP contribution in [-0.2, 0) is 11.4 Å². The highest BCUT2D eigenvalue weighted by atomic mass is 16.5. The predicted molar refractivity (Wildman–Crippen MR) is 158 cm³/mol. The first-order valence-corrected chi connectivity index (χ1v) is 13.5. The quantitative estimate of drug-likeness (QED) is 0.262. The van der Waals surface area contributed by atoms with Gasteiger partial charge in [0.2, 0.25) is 5.91 Å². The molecular formula is C31H39N5O3. The number of amides is 1. The summed E-state index contributed by atoms with van der Waals surface area (Å²) in [6.07, 6.45) is 1.94. The average molecular weight is 530 g/mol. The Hall–Kier alpha value is -4.04. The Kier molecular flexibility index (Phi) is 9.44. The molecule has 0 atom stereocenters. The summed E-state index contributed by atoms with van der Waals surface area (Å²) in [5, 5.41) is 13.4. The van der Waals surface area contributed by atoms with Gasteiger partial charge >= 0.3 is 0 Å². The molecule has 1 saturated heterocycles. The molecule has 0 aliphatic carbocycles. The van der Waals surface area contributed by atoms with Gasteiger partial charge in [-0.2, -0.15) is 0 Å². The molecule has 1 amide bonds. The lowest BCUT2D eigenvalue weighted by Gasteiger charge is -2.29. The normalized spacial score (nSPS) is 14.8. The first-order valence-electron chi connectivity index (χ1n) is 13.5. The van der Waals surface area contributed by atoms with Gasteiger partial charge in [-0.25, -0.2) is 0 Å². The molecule has 8 nitrogen and oxygen atoms in total. The molecule has 0 radical (unpaired) electrons. The number of aromatic hydroxyl groups is 1. The number of rotatable bonds is 10. The summed E-state index contributed by atoms with van der Waals surface area (Å²) in [5.41, 5.74) is 9.32. The molecule has 0 bridgehead atoms. The number of phenolic OH excluding ortho intramolecular Hbond substituents is 1. The van der Waals surface area contributed by atoms with Crippen molar-refractivity contribution in [3.05, 3.63) is 83.9 Å². The van der Waals surface area contributed by atoms with Crippen molar-refractivity contribution >= 4 is 23.1 Å². The third-order valence-electron chi connectivity index (χ3n) is 6.92. The van der Waals surface area contributed by atoms with E-state index >= 15 is 0 Å². The molecule has 1 aliphatic rings. The number of phenols is 1. The zero-order valence-electron chi connectivity index (χ0n) is 23.0. The topological polar surface area (TPSA) is 103 Å². The highest BCUT2D eigenvalue weighted by molar-refractivity contribution is 6.01. The van der Waals surface area contributed by atoms with Crippen molar-refractivity contribution in [2.45, 2.75) is 45.4 Å². The van der Waals surface area contributed by atoms with Crippen molar-refractivity contribution in [2.24, 2.45) is 10.7 Å².